The van der Waals surface area contributed by atoms with Crippen molar-refractivity contribution in [3.05, 3.63) is 23.9 Å². The molecule has 1 atom stereocenters. The van der Waals surface area contributed by atoms with E-state index in [1.807, 2.05) is 23.1 Å². The van der Waals surface area contributed by atoms with Crippen LogP contribution in [-0.4, -0.2) is 64.9 Å². The lowest BCUT2D eigenvalue weighted by molar-refractivity contribution is -0.123. The maximum absolute atomic E-state index is 12.8. The zero-order valence-corrected chi connectivity index (χ0v) is 16.9. The Bertz CT molecular complexity index is 922. The van der Waals surface area contributed by atoms with E-state index in [9.17, 15) is 9.59 Å². The zero-order chi connectivity index (χ0) is 20.4. The van der Waals surface area contributed by atoms with Gasteiger partial charge < -0.3 is 20.2 Å². The number of nitrogens with one attached hydrogen (secondary N) is 1. The maximum atomic E-state index is 12.8. The molecule has 1 aromatic carbocycles. The second kappa shape index (κ2) is 8.46. The van der Waals surface area contributed by atoms with E-state index in [4.69, 9.17) is 9.90 Å². The Morgan fingerprint density at radius 3 is 2.66 bits per heavy atom. The van der Waals surface area contributed by atoms with E-state index in [0.29, 0.717) is 18.0 Å². The van der Waals surface area contributed by atoms with Crippen LogP contribution in [0.1, 0.15) is 36.2 Å². The van der Waals surface area contributed by atoms with E-state index in [2.05, 4.69) is 14.6 Å². The number of hydrogen-bond acceptors (Lipinski definition) is 6. The van der Waals surface area contributed by atoms with Gasteiger partial charge in [0, 0.05) is 36.6 Å². The van der Waals surface area contributed by atoms with Gasteiger partial charge in [-0.3, -0.25) is 14.4 Å². The van der Waals surface area contributed by atoms with E-state index in [1.165, 1.54) is 24.4 Å². The molecule has 1 aromatic heterocycles. The third-order valence-electron chi connectivity index (χ3n) is 6.03. The number of piperidine rings is 3. The van der Waals surface area contributed by atoms with Crippen LogP contribution in [-0.2, 0) is 9.59 Å². The van der Waals surface area contributed by atoms with Crippen LogP contribution in [0.5, 0.6) is 0 Å². The normalized spacial score (nSPS) is 25.6. The van der Waals surface area contributed by atoms with Crippen LogP contribution in [0, 0.1) is 5.92 Å². The number of anilines is 1. The van der Waals surface area contributed by atoms with E-state index in [0.717, 1.165) is 48.4 Å². The van der Waals surface area contributed by atoms with Crippen molar-refractivity contribution in [1.82, 2.24) is 14.6 Å². The van der Waals surface area contributed by atoms with E-state index >= 15 is 0 Å². The van der Waals surface area contributed by atoms with Gasteiger partial charge in [-0.05, 0) is 68.0 Å². The Kier molecular flexibility index (Phi) is 5.77. The smallest absolute Gasteiger partial charge is 0.290 e. The van der Waals surface area contributed by atoms with Crippen LogP contribution in [0.15, 0.2) is 18.2 Å². The molecule has 0 radical (unpaired) electrons. The van der Waals surface area contributed by atoms with Gasteiger partial charge in [0.2, 0.25) is 5.91 Å². The fourth-order valence-corrected chi connectivity index (χ4v) is 5.35. The molecule has 8 nitrogen and oxygen atoms in total. The molecular formula is C20H24N4O4S. The largest absolute Gasteiger partial charge is 0.483 e. The molecule has 4 aliphatic rings. The molecule has 5 heterocycles. The van der Waals surface area contributed by atoms with Crippen LogP contribution >= 0.6 is 11.5 Å². The number of nitrogens with zero attached hydrogens (tertiary/aromatic N) is 3. The molecule has 6 rings (SSSR count). The van der Waals surface area contributed by atoms with Gasteiger partial charge >= 0.3 is 0 Å². The van der Waals surface area contributed by atoms with Gasteiger partial charge in [-0.15, -0.1) is 0 Å². The summed E-state index contributed by atoms with van der Waals surface area (Å²) in [5.41, 5.74) is 1.42. The number of carbonyl (C=O) groups is 3. The third-order valence-corrected chi connectivity index (χ3v) is 6.84. The zero-order valence-electron chi connectivity index (χ0n) is 16.0. The summed E-state index contributed by atoms with van der Waals surface area (Å²) in [6, 6.07) is 6.10. The minimum atomic E-state index is -0.250. The Hall–Kier alpha value is -2.52. The number of aromatic nitrogens is 1. The van der Waals surface area contributed by atoms with Gasteiger partial charge in [0.05, 0.1) is 4.70 Å². The molecule has 2 bridgehead atoms. The third kappa shape index (κ3) is 3.97. The SMILES string of the molecule is O=C(N[C@@H]1CN2CCC1CC2)c1nsc2cc(N3CCCC3=O)ccc12.O=CO. The Morgan fingerprint density at radius 2 is 2.03 bits per heavy atom. The van der Waals surface area contributed by atoms with Crippen LogP contribution in [0.3, 0.4) is 0 Å². The molecule has 0 unspecified atom stereocenters. The summed E-state index contributed by atoms with van der Waals surface area (Å²) in [5, 5.41) is 11.0. The van der Waals surface area contributed by atoms with Gasteiger partial charge in [0.25, 0.3) is 12.4 Å². The Labute approximate surface area is 172 Å². The standard InChI is InChI=1S/C19H22N4O2S.CH2O2/c24-17-2-1-7-23(17)13-3-4-14-16(10-13)26-21-18(14)19(25)20-15-11-22-8-5-12(15)6-9-22;2-1-3/h3-4,10,12,15H,1-2,5-9,11H2,(H,20,25);1H,(H,2,3)/t15-;/m1./s1. The molecule has 0 saturated carbocycles. The van der Waals surface area contributed by atoms with Crippen molar-refractivity contribution in [2.24, 2.45) is 5.92 Å². The molecule has 4 saturated heterocycles. The maximum Gasteiger partial charge on any atom is 0.290 e. The first-order valence-corrected chi connectivity index (χ1v) is 10.7. The molecule has 29 heavy (non-hydrogen) atoms. The fourth-order valence-electron chi connectivity index (χ4n) is 4.54. The summed E-state index contributed by atoms with van der Waals surface area (Å²) in [5.74, 6) is 0.704. The highest BCUT2D eigenvalue weighted by Crippen LogP contribution is 2.31. The molecule has 2 amide bonds. The van der Waals surface area contributed by atoms with Crippen molar-refractivity contribution in [3.63, 3.8) is 0 Å². The van der Waals surface area contributed by atoms with Crippen LogP contribution < -0.4 is 10.2 Å². The topological polar surface area (TPSA) is 103 Å². The number of carboxylic acid groups (broad SMARTS) is 1. The van der Waals surface area contributed by atoms with E-state index in [-0.39, 0.29) is 24.3 Å². The summed E-state index contributed by atoms with van der Waals surface area (Å²) in [6.07, 6.45) is 3.88. The second-order valence-corrected chi connectivity index (χ2v) is 8.49. The van der Waals surface area contributed by atoms with Crippen LogP contribution in [0.2, 0.25) is 0 Å². The van der Waals surface area contributed by atoms with Gasteiger partial charge in [-0.25, -0.2) is 0 Å². The molecule has 0 aliphatic carbocycles. The lowest BCUT2D eigenvalue weighted by atomic mass is 9.84. The van der Waals surface area contributed by atoms with Crippen molar-refractivity contribution in [1.29, 1.82) is 0 Å². The van der Waals surface area contributed by atoms with Gasteiger partial charge in [-0.1, -0.05) is 0 Å². The number of amides is 2. The number of fused-ring (bicyclic) bond motifs is 4. The minimum Gasteiger partial charge on any atom is -0.483 e. The first-order valence-electron chi connectivity index (χ1n) is 9.91. The monoisotopic (exact) mass is 416 g/mol. The van der Waals surface area contributed by atoms with Crippen molar-refractivity contribution < 1.29 is 19.5 Å². The van der Waals surface area contributed by atoms with Crippen molar-refractivity contribution in [2.45, 2.75) is 31.7 Å². The average molecular weight is 417 g/mol. The summed E-state index contributed by atoms with van der Waals surface area (Å²) < 4.78 is 5.38. The van der Waals surface area contributed by atoms with E-state index < -0.39 is 0 Å². The van der Waals surface area contributed by atoms with Crippen molar-refractivity contribution >= 4 is 45.6 Å². The van der Waals surface area contributed by atoms with Gasteiger partial charge in [-0.2, -0.15) is 4.37 Å². The molecule has 9 heteroatoms. The van der Waals surface area contributed by atoms with Crippen LogP contribution in [0.4, 0.5) is 5.69 Å². The number of rotatable bonds is 3. The first kappa shape index (κ1) is 19.8. The first-order chi connectivity index (χ1) is 14.1. The summed E-state index contributed by atoms with van der Waals surface area (Å²) in [7, 11) is 0. The van der Waals surface area contributed by atoms with Crippen molar-refractivity contribution in [3.8, 4) is 0 Å². The van der Waals surface area contributed by atoms with Crippen molar-refractivity contribution in [2.75, 3.05) is 31.1 Å². The molecule has 4 aliphatic heterocycles. The summed E-state index contributed by atoms with van der Waals surface area (Å²) in [6.45, 7) is 3.80. The van der Waals surface area contributed by atoms with Gasteiger partial charge in [0.1, 0.15) is 5.69 Å². The molecule has 0 spiro atoms. The summed E-state index contributed by atoms with van der Waals surface area (Å²) in [4.78, 5) is 37.4. The Morgan fingerprint density at radius 1 is 1.28 bits per heavy atom. The second-order valence-electron chi connectivity index (χ2n) is 7.68. The highest BCUT2D eigenvalue weighted by molar-refractivity contribution is 7.13. The molecule has 2 N–H and O–H groups in total. The lowest BCUT2D eigenvalue weighted by Gasteiger charge is -2.44. The number of carbonyl (C=O) groups excluding carboxylic acids is 2. The molecule has 154 valence electrons. The molecular weight excluding hydrogens is 392 g/mol. The van der Waals surface area contributed by atoms with Gasteiger partial charge in [0.15, 0.2) is 0 Å². The van der Waals surface area contributed by atoms with Crippen LogP contribution in [0.25, 0.3) is 10.1 Å². The summed E-state index contributed by atoms with van der Waals surface area (Å²) >= 11 is 1.33. The fraction of sp³-hybridized carbons (Fsp3) is 0.500. The lowest BCUT2D eigenvalue weighted by Crippen LogP contribution is -2.57. The average Bonchev–Trinajstić information content (AvgIpc) is 3.35. The molecule has 2 aromatic rings. The Balaban J connectivity index is 0.000000645. The highest BCUT2D eigenvalue weighted by Gasteiger charge is 2.35. The predicted molar refractivity (Wildman–Crippen MR) is 110 cm³/mol. The number of hydrogen-bond donors (Lipinski definition) is 2. The quantitative estimate of drug-likeness (QED) is 0.742. The molecule has 4 fully saturated rings. The highest BCUT2D eigenvalue weighted by atomic mass is 32.1. The van der Waals surface area contributed by atoms with E-state index in [1.54, 1.807) is 0 Å². The number of benzene rings is 1. The minimum absolute atomic E-state index is 0.0694. The predicted octanol–water partition coefficient (Wildman–Crippen LogP) is 1.95.